The summed E-state index contributed by atoms with van der Waals surface area (Å²) in [4.78, 5) is 18.7. The van der Waals surface area contributed by atoms with Gasteiger partial charge >= 0.3 is 0 Å². The summed E-state index contributed by atoms with van der Waals surface area (Å²) in [6, 6.07) is 6.39. The van der Waals surface area contributed by atoms with Gasteiger partial charge in [-0.1, -0.05) is 44.4 Å². The molecule has 2 heterocycles. The monoisotopic (exact) mass is 372 g/mol. The first-order chi connectivity index (χ1) is 12.6. The number of H-pyrrole nitrogens is 1. The number of hydrogen-bond acceptors (Lipinski definition) is 1. The van der Waals surface area contributed by atoms with Crippen molar-refractivity contribution in [1.82, 2.24) is 9.88 Å². The van der Waals surface area contributed by atoms with Gasteiger partial charge in [-0.15, -0.1) is 0 Å². The topological polar surface area (TPSA) is 36.1 Å². The Morgan fingerprint density at radius 3 is 3.00 bits per heavy atom. The lowest BCUT2D eigenvalue weighted by Gasteiger charge is -2.47. The van der Waals surface area contributed by atoms with Crippen LogP contribution in [0, 0.1) is 11.8 Å². The molecule has 0 radical (unpaired) electrons. The summed E-state index contributed by atoms with van der Waals surface area (Å²) in [7, 11) is 0. The first-order valence-electron chi connectivity index (χ1n) is 10.1. The molecule has 1 N–H and O–H groups in total. The van der Waals surface area contributed by atoms with Crippen molar-refractivity contribution in [2.75, 3.05) is 6.54 Å². The highest BCUT2D eigenvalue weighted by atomic mass is 35.5. The zero-order valence-corrected chi connectivity index (χ0v) is 16.6. The quantitative estimate of drug-likeness (QED) is 0.732. The number of nitrogens with zero attached hydrogens (tertiary/aromatic N) is 1. The van der Waals surface area contributed by atoms with E-state index < -0.39 is 0 Å². The molecule has 4 unspecified atom stereocenters. The fraction of sp³-hybridized carbons (Fsp3) is 0.591. The molecule has 1 amide bonds. The standard InChI is InChI=1S/C22H29ClN2O/c1-14-6-3-10-20-16(14)7-5-11-25(20)21(26)12-15(2)17-13-24-19-9-4-8-18(23)22(17)19/h4,8-9,13-16,20,24H,3,5-7,10-12H2,1-2H3. The van der Waals surface area contributed by atoms with Crippen LogP contribution < -0.4 is 0 Å². The fourth-order valence-corrected chi connectivity index (χ4v) is 5.62. The largest absolute Gasteiger partial charge is 0.361 e. The third kappa shape index (κ3) is 3.15. The molecule has 2 aliphatic rings. The number of amides is 1. The first kappa shape index (κ1) is 17.9. The van der Waals surface area contributed by atoms with Gasteiger partial charge in [0.1, 0.15) is 0 Å². The zero-order chi connectivity index (χ0) is 18.3. The molecule has 2 aromatic rings. The lowest BCUT2D eigenvalue weighted by atomic mass is 9.72. The van der Waals surface area contributed by atoms with Crippen LogP contribution in [0.3, 0.4) is 0 Å². The number of aromatic amines is 1. The lowest BCUT2D eigenvalue weighted by Crippen LogP contribution is -2.51. The van der Waals surface area contributed by atoms with Gasteiger partial charge in [-0.25, -0.2) is 0 Å². The Balaban J connectivity index is 1.52. The highest BCUT2D eigenvalue weighted by molar-refractivity contribution is 6.35. The molecule has 4 atom stereocenters. The van der Waals surface area contributed by atoms with E-state index in [4.69, 9.17) is 11.6 Å². The predicted molar refractivity (Wildman–Crippen MR) is 108 cm³/mol. The first-order valence-corrected chi connectivity index (χ1v) is 10.5. The van der Waals surface area contributed by atoms with Crippen LogP contribution >= 0.6 is 11.6 Å². The van der Waals surface area contributed by atoms with E-state index in [1.165, 1.54) is 25.7 Å². The minimum atomic E-state index is 0.164. The zero-order valence-electron chi connectivity index (χ0n) is 15.8. The summed E-state index contributed by atoms with van der Waals surface area (Å²) in [5, 5.41) is 1.83. The summed E-state index contributed by atoms with van der Waals surface area (Å²) >= 11 is 6.42. The number of benzene rings is 1. The second-order valence-corrected chi connectivity index (χ2v) is 8.79. The van der Waals surface area contributed by atoms with E-state index in [-0.39, 0.29) is 5.92 Å². The van der Waals surface area contributed by atoms with E-state index in [0.29, 0.717) is 24.3 Å². The summed E-state index contributed by atoms with van der Waals surface area (Å²) < 4.78 is 0. The molecule has 2 fully saturated rings. The molecule has 1 aliphatic carbocycles. The molecule has 3 nitrogen and oxygen atoms in total. The van der Waals surface area contributed by atoms with E-state index in [2.05, 4.69) is 23.7 Å². The second-order valence-electron chi connectivity index (χ2n) is 8.38. The van der Waals surface area contributed by atoms with Crippen molar-refractivity contribution in [2.45, 2.75) is 64.3 Å². The SMILES string of the molecule is CC(CC(=O)N1CCCC2C(C)CCCC21)c1c[nH]c2cccc(Cl)c12. The molecule has 0 spiro atoms. The molecule has 4 rings (SSSR count). The number of carbonyl (C=O) groups excluding carboxylic acids is 1. The fourth-order valence-electron chi connectivity index (χ4n) is 5.34. The van der Waals surface area contributed by atoms with Crippen LogP contribution in [0.15, 0.2) is 24.4 Å². The number of hydrogen-bond donors (Lipinski definition) is 1. The Morgan fingerprint density at radius 1 is 1.31 bits per heavy atom. The van der Waals surface area contributed by atoms with Gasteiger partial charge in [-0.3, -0.25) is 4.79 Å². The van der Waals surface area contributed by atoms with Gasteiger partial charge in [0.15, 0.2) is 0 Å². The highest BCUT2D eigenvalue weighted by Crippen LogP contribution is 2.40. The highest BCUT2D eigenvalue weighted by Gasteiger charge is 2.39. The van der Waals surface area contributed by atoms with Crippen molar-refractivity contribution in [3.63, 3.8) is 0 Å². The maximum absolute atomic E-state index is 13.2. The van der Waals surface area contributed by atoms with Crippen molar-refractivity contribution in [3.8, 4) is 0 Å². The van der Waals surface area contributed by atoms with Crippen LogP contribution in [0.2, 0.25) is 5.02 Å². The Labute approximate surface area is 161 Å². The summed E-state index contributed by atoms with van der Waals surface area (Å²) in [6.45, 7) is 5.46. The van der Waals surface area contributed by atoms with Crippen LogP contribution in [-0.2, 0) is 4.79 Å². The number of piperidine rings is 1. The van der Waals surface area contributed by atoms with Gasteiger partial charge in [0.2, 0.25) is 5.91 Å². The minimum Gasteiger partial charge on any atom is -0.361 e. The van der Waals surface area contributed by atoms with Crippen molar-refractivity contribution < 1.29 is 4.79 Å². The number of carbonyl (C=O) groups is 1. The second kappa shape index (κ2) is 7.26. The van der Waals surface area contributed by atoms with Gasteiger partial charge in [-0.05, 0) is 54.7 Å². The van der Waals surface area contributed by atoms with Crippen molar-refractivity contribution >= 4 is 28.4 Å². The van der Waals surface area contributed by atoms with Crippen LogP contribution in [0.1, 0.15) is 63.9 Å². The molecule has 1 saturated carbocycles. The molecule has 4 heteroatoms. The van der Waals surface area contributed by atoms with Crippen LogP contribution in [-0.4, -0.2) is 28.4 Å². The molecule has 140 valence electrons. The third-order valence-corrected chi connectivity index (χ3v) is 7.05. The van der Waals surface area contributed by atoms with Gasteiger partial charge in [0.25, 0.3) is 0 Å². The van der Waals surface area contributed by atoms with E-state index >= 15 is 0 Å². The van der Waals surface area contributed by atoms with Crippen molar-refractivity contribution in [1.29, 1.82) is 0 Å². The molecule has 1 aromatic heterocycles. The van der Waals surface area contributed by atoms with Crippen molar-refractivity contribution in [2.24, 2.45) is 11.8 Å². The van der Waals surface area contributed by atoms with Gasteiger partial charge in [0, 0.05) is 36.1 Å². The molecular formula is C22H29ClN2O. The Kier molecular flexibility index (Phi) is 5.00. The van der Waals surface area contributed by atoms with E-state index in [0.717, 1.165) is 40.4 Å². The number of aromatic nitrogens is 1. The third-order valence-electron chi connectivity index (χ3n) is 6.74. The smallest absolute Gasteiger partial charge is 0.223 e. The average Bonchev–Trinajstić information content (AvgIpc) is 3.07. The number of rotatable bonds is 3. The molecular weight excluding hydrogens is 344 g/mol. The van der Waals surface area contributed by atoms with Crippen LogP contribution in [0.25, 0.3) is 10.9 Å². The minimum absolute atomic E-state index is 0.164. The van der Waals surface area contributed by atoms with Crippen molar-refractivity contribution in [3.05, 3.63) is 35.0 Å². The molecule has 1 aromatic carbocycles. The average molecular weight is 373 g/mol. The predicted octanol–water partition coefficient (Wildman–Crippen LogP) is 5.74. The summed E-state index contributed by atoms with van der Waals surface area (Å²) in [6.07, 6.45) is 8.82. The van der Waals surface area contributed by atoms with E-state index in [1.807, 2.05) is 24.4 Å². The van der Waals surface area contributed by atoms with Gasteiger partial charge in [0.05, 0.1) is 5.02 Å². The molecule has 1 aliphatic heterocycles. The summed E-state index contributed by atoms with van der Waals surface area (Å²) in [5.41, 5.74) is 2.20. The summed E-state index contributed by atoms with van der Waals surface area (Å²) in [5.74, 6) is 1.95. The maximum Gasteiger partial charge on any atom is 0.223 e. The van der Waals surface area contributed by atoms with E-state index in [1.54, 1.807) is 0 Å². The Bertz CT molecular complexity index is 799. The molecule has 1 saturated heterocycles. The number of fused-ring (bicyclic) bond motifs is 2. The Morgan fingerprint density at radius 2 is 2.15 bits per heavy atom. The normalized spacial score (nSPS) is 27.3. The van der Waals surface area contributed by atoms with Crippen LogP contribution in [0.5, 0.6) is 0 Å². The van der Waals surface area contributed by atoms with Gasteiger partial charge < -0.3 is 9.88 Å². The lowest BCUT2D eigenvalue weighted by molar-refractivity contribution is -0.138. The van der Waals surface area contributed by atoms with Gasteiger partial charge in [-0.2, -0.15) is 0 Å². The van der Waals surface area contributed by atoms with E-state index in [9.17, 15) is 4.79 Å². The number of likely N-dealkylation sites (tertiary alicyclic amines) is 1. The van der Waals surface area contributed by atoms with Crippen LogP contribution in [0.4, 0.5) is 0 Å². The number of nitrogens with one attached hydrogen (secondary N) is 1. The maximum atomic E-state index is 13.2. The Hall–Kier alpha value is -1.48. The molecule has 26 heavy (non-hydrogen) atoms. The molecule has 0 bridgehead atoms. The number of halogens is 1.